The average molecular weight is 309 g/mol. The smallest absolute Gasteiger partial charge is 0.441 e. The van der Waals surface area contributed by atoms with Gasteiger partial charge in [0.15, 0.2) is 0 Å². The van der Waals surface area contributed by atoms with Gasteiger partial charge in [-0.05, 0) is 30.8 Å². The molecule has 0 aromatic heterocycles. The fourth-order valence-corrected chi connectivity index (χ4v) is 2.18. The van der Waals surface area contributed by atoms with E-state index in [-0.39, 0.29) is 30.6 Å². The van der Waals surface area contributed by atoms with E-state index in [1.165, 1.54) is 7.11 Å². The van der Waals surface area contributed by atoms with Crippen molar-refractivity contribution in [2.45, 2.75) is 18.5 Å². The van der Waals surface area contributed by atoms with Crippen molar-refractivity contribution in [2.24, 2.45) is 0 Å². The van der Waals surface area contributed by atoms with Crippen LogP contribution in [0.1, 0.15) is 17.2 Å². The number of alkyl halides is 3. The minimum Gasteiger partial charge on any atom is -0.496 e. The molecule has 0 bridgehead atoms. The highest BCUT2D eigenvalue weighted by atomic mass is 32.2. The molecule has 0 aliphatic carbocycles. The number of methoxy groups -OCH3 is 1. The summed E-state index contributed by atoms with van der Waals surface area (Å²) in [5.41, 5.74) is -2.60. The largest absolute Gasteiger partial charge is 0.496 e. The van der Waals surface area contributed by atoms with E-state index in [0.29, 0.717) is 11.3 Å². The molecule has 0 aliphatic heterocycles. The van der Waals surface area contributed by atoms with Gasteiger partial charge in [-0.15, -0.1) is 0 Å². The lowest BCUT2D eigenvalue weighted by Crippen LogP contribution is -2.25. The van der Waals surface area contributed by atoms with E-state index in [1.54, 1.807) is 12.1 Å². The zero-order valence-electron chi connectivity index (χ0n) is 11.3. The average Bonchev–Trinajstić information content (AvgIpc) is 2.36. The first-order chi connectivity index (χ1) is 9.33. The van der Waals surface area contributed by atoms with Crippen molar-refractivity contribution in [3.8, 4) is 5.75 Å². The van der Waals surface area contributed by atoms with Crippen molar-refractivity contribution in [3.05, 3.63) is 29.3 Å². The van der Waals surface area contributed by atoms with Gasteiger partial charge in [-0.25, -0.2) is 0 Å². The first-order valence-electron chi connectivity index (χ1n) is 6.07. The van der Waals surface area contributed by atoms with Gasteiger partial charge in [-0.2, -0.15) is 13.2 Å². The molecular weight excluding hydrogens is 291 g/mol. The van der Waals surface area contributed by atoms with Crippen molar-refractivity contribution < 1.29 is 23.0 Å². The van der Waals surface area contributed by atoms with Crippen LogP contribution in [-0.2, 0) is 0 Å². The molecule has 0 radical (unpaired) electrons. The number of benzene rings is 1. The predicted molar refractivity (Wildman–Crippen MR) is 74.1 cm³/mol. The van der Waals surface area contributed by atoms with Gasteiger partial charge >= 0.3 is 5.51 Å². The summed E-state index contributed by atoms with van der Waals surface area (Å²) in [5, 5.41) is 12.8. The Labute approximate surface area is 120 Å². The zero-order chi connectivity index (χ0) is 15.2. The number of aliphatic hydroxyl groups is 1. The first-order valence-corrected chi connectivity index (χ1v) is 7.06. The summed E-state index contributed by atoms with van der Waals surface area (Å²) < 4.78 is 40.9. The van der Waals surface area contributed by atoms with Crippen molar-refractivity contribution in [1.29, 1.82) is 0 Å². The maximum absolute atomic E-state index is 11.9. The summed E-state index contributed by atoms with van der Waals surface area (Å²) in [6.07, 6.45) is -0.819. The maximum atomic E-state index is 11.9. The van der Waals surface area contributed by atoms with E-state index in [2.05, 4.69) is 5.32 Å². The lowest BCUT2D eigenvalue weighted by Gasteiger charge is -2.16. The molecule has 114 valence electrons. The maximum Gasteiger partial charge on any atom is 0.441 e. The molecule has 1 aromatic carbocycles. The molecule has 0 saturated carbocycles. The second-order valence-corrected chi connectivity index (χ2v) is 5.42. The number of hydrogen-bond donors (Lipinski definition) is 2. The van der Waals surface area contributed by atoms with Gasteiger partial charge in [0.05, 0.1) is 13.2 Å². The molecule has 1 aromatic rings. The van der Waals surface area contributed by atoms with Crippen LogP contribution in [-0.4, -0.2) is 36.6 Å². The number of hydrogen-bond acceptors (Lipinski definition) is 4. The number of nitrogens with one attached hydrogen (secondary N) is 1. The molecule has 0 spiro atoms. The first kappa shape index (κ1) is 17.1. The van der Waals surface area contributed by atoms with Crippen LogP contribution in [0.5, 0.6) is 5.75 Å². The Kier molecular flexibility index (Phi) is 6.64. The highest BCUT2D eigenvalue weighted by Crippen LogP contribution is 2.29. The van der Waals surface area contributed by atoms with Gasteiger partial charge in [-0.1, -0.05) is 11.6 Å². The SMILES string of the molecule is COc1ccc(C)cc1C(O)CNCCSC(F)(F)F. The Morgan fingerprint density at radius 1 is 1.40 bits per heavy atom. The molecule has 1 rings (SSSR count). The fraction of sp³-hybridized carbons (Fsp3) is 0.538. The van der Waals surface area contributed by atoms with Crippen LogP contribution in [0.25, 0.3) is 0 Å². The Morgan fingerprint density at radius 2 is 2.10 bits per heavy atom. The van der Waals surface area contributed by atoms with E-state index in [9.17, 15) is 18.3 Å². The van der Waals surface area contributed by atoms with Crippen molar-refractivity contribution in [2.75, 3.05) is 26.0 Å². The number of aliphatic hydroxyl groups excluding tert-OH is 1. The van der Waals surface area contributed by atoms with Gasteiger partial charge < -0.3 is 15.2 Å². The van der Waals surface area contributed by atoms with E-state index in [4.69, 9.17) is 4.74 Å². The standard InChI is InChI=1S/C13H18F3NO2S/c1-9-3-4-12(19-2)10(7-9)11(18)8-17-5-6-20-13(14,15)16/h3-4,7,11,17-18H,5-6,8H2,1-2H3. The van der Waals surface area contributed by atoms with Crippen LogP contribution < -0.4 is 10.1 Å². The Balaban J connectivity index is 2.43. The van der Waals surface area contributed by atoms with Crippen LogP contribution in [0.2, 0.25) is 0 Å². The molecule has 7 heteroatoms. The van der Waals surface area contributed by atoms with Crippen LogP contribution >= 0.6 is 11.8 Å². The Bertz CT molecular complexity index is 427. The molecule has 2 N–H and O–H groups in total. The molecule has 1 unspecified atom stereocenters. The Hall–Kier alpha value is -0.920. The summed E-state index contributed by atoms with van der Waals surface area (Å²) in [6.45, 7) is 2.25. The lowest BCUT2D eigenvalue weighted by molar-refractivity contribution is -0.0327. The van der Waals surface area contributed by atoms with Gasteiger partial charge in [0.1, 0.15) is 5.75 Å². The fourth-order valence-electron chi connectivity index (χ4n) is 1.70. The summed E-state index contributed by atoms with van der Waals surface area (Å²) in [6, 6.07) is 5.42. The molecule has 0 amide bonds. The second kappa shape index (κ2) is 7.75. The second-order valence-electron chi connectivity index (χ2n) is 4.26. The van der Waals surface area contributed by atoms with Crippen LogP contribution in [0.4, 0.5) is 13.2 Å². The molecule has 1 atom stereocenters. The van der Waals surface area contributed by atoms with Crippen molar-refractivity contribution in [1.82, 2.24) is 5.32 Å². The van der Waals surface area contributed by atoms with Crippen LogP contribution in [0.3, 0.4) is 0 Å². The topological polar surface area (TPSA) is 41.5 Å². The molecule has 0 fully saturated rings. The lowest BCUT2D eigenvalue weighted by atomic mass is 10.1. The van der Waals surface area contributed by atoms with Gasteiger partial charge in [0.2, 0.25) is 0 Å². The number of aryl methyl sites for hydroxylation is 1. The number of rotatable bonds is 7. The summed E-state index contributed by atoms with van der Waals surface area (Å²) in [4.78, 5) is 0. The molecule has 0 aliphatic rings. The predicted octanol–water partition coefficient (Wildman–Crippen LogP) is 2.88. The van der Waals surface area contributed by atoms with Gasteiger partial charge in [-0.3, -0.25) is 0 Å². The highest BCUT2D eigenvalue weighted by molar-refractivity contribution is 8.00. The van der Waals surface area contributed by atoms with E-state index in [1.807, 2.05) is 13.0 Å². The third-order valence-electron chi connectivity index (χ3n) is 2.63. The van der Waals surface area contributed by atoms with E-state index in [0.717, 1.165) is 5.56 Å². The molecular formula is C13H18F3NO2S. The Morgan fingerprint density at radius 3 is 2.70 bits per heavy atom. The van der Waals surface area contributed by atoms with Crippen molar-refractivity contribution in [3.63, 3.8) is 0 Å². The number of halogens is 3. The third-order valence-corrected chi connectivity index (χ3v) is 3.36. The van der Waals surface area contributed by atoms with Crippen LogP contribution in [0.15, 0.2) is 18.2 Å². The van der Waals surface area contributed by atoms with E-state index < -0.39 is 11.6 Å². The minimum atomic E-state index is -4.21. The normalized spacial score (nSPS) is 13.3. The van der Waals surface area contributed by atoms with Gasteiger partial charge in [0, 0.05) is 24.4 Å². The molecule has 0 saturated heterocycles. The molecule has 0 heterocycles. The van der Waals surface area contributed by atoms with E-state index >= 15 is 0 Å². The number of thioether (sulfide) groups is 1. The van der Waals surface area contributed by atoms with Crippen molar-refractivity contribution >= 4 is 11.8 Å². The summed E-state index contributed by atoms with van der Waals surface area (Å²) in [5.74, 6) is 0.482. The monoisotopic (exact) mass is 309 g/mol. The van der Waals surface area contributed by atoms with Gasteiger partial charge in [0.25, 0.3) is 0 Å². The zero-order valence-corrected chi connectivity index (χ0v) is 12.1. The van der Waals surface area contributed by atoms with Crippen LogP contribution in [0, 0.1) is 6.92 Å². The molecule has 20 heavy (non-hydrogen) atoms. The highest BCUT2D eigenvalue weighted by Gasteiger charge is 2.27. The summed E-state index contributed by atoms with van der Waals surface area (Å²) in [7, 11) is 1.51. The quantitative estimate of drug-likeness (QED) is 0.760. The minimum absolute atomic E-state index is 0.0777. The number of ether oxygens (including phenoxy) is 1. The molecule has 3 nitrogen and oxygen atoms in total. The summed E-state index contributed by atoms with van der Waals surface area (Å²) >= 11 is -0.0777. The third kappa shape index (κ3) is 6.02.